The largest absolute Gasteiger partial charge is 0.481 e. The molecular weight excluding hydrogens is 484 g/mol. The van der Waals surface area contributed by atoms with E-state index in [-0.39, 0.29) is 6.42 Å². The van der Waals surface area contributed by atoms with Crippen molar-refractivity contribution in [2.45, 2.75) is 187 Å². The number of unbranched alkanes of at least 4 members (excludes halogenated alkanes) is 22. The Morgan fingerprint density at radius 2 is 0.949 bits per heavy atom. The number of ether oxygens (including phenoxy) is 1. The Kier molecular flexibility index (Phi) is 30.2. The number of carbonyl (C=O) groups is 2. The first kappa shape index (κ1) is 37.7. The number of esters is 1. The molecule has 0 radical (unpaired) electrons. The summed E-state index contributed by atoms with van der Waals surface area (Å²) in [5.41, 5.74) is 0. The van der Waals surface area contributed by atoms with Crippen molar-refractivity contribution in [1.29, 1.82) is 0 Å². The van der Waals surface area contributed by atoms with Crippen molar-refractivity contribution < 1.29 is 19.4 Å². The topological polar surface area (TPSA) is 63.6 Å². The van der Waals surface area contributed by atoms with Gasteiger partial charge in [-0.05, 0) is 32.1 Å². The fourth-order valence-corrected chi connectivity index (χ4v) is 5.19. The third kappa shape index (κ3) is 29.5. The molecule has 0 aromatic heterocycles. The van der Waals surface area contributed by atoms with Crippen molar-refractivity contribution in [3.63, 3.8) is 0 Å². The molecule has 0 aromatic rings. The van der Waals surface area contributed by atoms with Crippen molar-refractivity contribution in [3.8, 4) is 0 Å². The van der Waals surface area contributed by atoms with Crippen molar-refractivity contribution >= 4 is 11.9 Å². The quantitative estimate of drug-likeness (QED) is 0.0529. The fourth-order valence-electron chi connectivity index (χ4n) is 5.19. The van der Waals surface area contributed by atoms with Gasteiger partial charge in [-0.25, -0.2) is 0 Å². The van der Waals surface area contributed by atoms with Crippen LogP contribution in [-0.4, -0.2) is 23.7 Å². The lowest BCUT2D eigenvalue weighted by molar-refractivity contribution is -0.151. The van der Waals surface area contributed by atoms with E-state index >= 15 is 0 Å². The van der Waals surface area contributed by atoms with Gasteiger partial charge in [0.1, 0.15) is 0 Å². The first-order chi connectivity index (χ1) is 19.1. The van der Waals surface area contributed by atoms with E-state index in [2.05, 4.69) is 19.1 Å². The number of carboxylic acid groups (broad SMARTS) is 1. The molecule has 0 bridgehead atoms. The Morgan fingerprint density at radius 3 is 1.33 bits per heavy atom. The molecule has 0 saturated carbocycles. The van der Waals surface area contributed by atoms with Crippen LogP contribution in [0, 0.1) is 5.92 Å². The molecule has 1 N–H and O–H groups in total. The minimum Gasteiger partial charge on any atom is -0.481 e. The van der Waals surface area contributed by atoms with Crippen molar-refractivity contribution in [3.05, 3.63) is 12.2 Å². The zero-order chi connectivity index (χ0) is 28.7. The van der Waals surface area contributed by atoms with E-state index < -0.39 is 17.9 Å². The molecule has 0 fully saturated rings. The maximum atomic E-state index is 11.7. The lowest BCUT2D eigenvalue weighted by Gasteiger charge is -2.10. The minimum atomic E-state index is -0.906. The molecule has 1 unspecified atom stereocenters. The average molecular weight is 551 g/mol. The zero-order valence-electron chi connectivity index (χ0n) is 26.2. The predicted molar refractivity (Wildman–Crippen MR) is 167 cm³/mol. The second-order valence-corrected chi connectivity index (χ2v) is 11.7. The number of hydrogen-bond acceptors (Lipinski definition) is 3. The van der Waals surface area contributed by atoms with Crippen LogP contribution >= 0.6 is 0 Å². The van der Waals surface area contributed by atoms with Crippen LogP contribution in [0.1, 0.15) is 187 Å². The van der Waals surface area contributed by atoms with Gasteiger partial charge >= 0.3 is 11.9 Å². The van der Waals surface area contributed by atoms with E-state index in [9.17, 15) is 14.7 Å². The smallest absolute Gasteiger partial charge is 0.307 e. The summed E-state index contributed by atoms with van der Waals surface area (Å²) in [6.45, 7) is 4.58. The van der Waals surface area contributed by atoms with Gasteiger partial charge in [-0.15, -0.1) is 0 Å². The summed E-state index contributed by atoms with van der Waals surface area (Å²) in [5, 5.41) is 9.31. The summed E-state index contributed by atoms with van der Waals surface area (Å²) in [5.74, 6) is -1.95. The van der Waals surface area contributed by atoms with Gasteiger partial charge < -0.3 is 9.84 Å². The highest BCUT2D eigenvalue weighted by Gasteiger charge is 2.21. The summed E-state index contributed by atoms with van der Waals surface area (Å²) in [6.07, 6.45) is 38.2. The average Bonchev–Trinajstić information content (AvgIpc) is 2.93. The molecule has 0 amide bonds. The van der Waals surface area contributed by atoms with E-state index in [1.807, 2.05) is 6.92 Å². The second kappa shape index (κ2) is 31.2. The molecule has 4 nitrogen and oxygen atoms in total. The van der Waals surface area contributed by atoms with Gasteiger partial charge in [-0.3, -0.25) is 9.59 Å². The van der Waals surface area contributed by atoms with Gasteiger partial charge in [0, 0.05) is 0 Å². The molecule has 0 spiro atoms. The van der Waals surface area contributed by atoms with Crippen LogP contribution in [0.15, 0.2) is 12.2 Å². The highest BCUT2D eigenvalue weighted by atomic mass is 16.5. The highest BCUT2D eigenvalue weighted by molar-refractivity contribution is 5.78. The molecule has 1 atom stereocenters. The summed E-state index contributed by atoms with van der Waals surface area (Å²) in [4.78, 5) is 23.0. The predicted octanol–water partition coefficient (Wildman–Crippen LogP) is 11.4. The molecule has 0 aliphatic carbocycles. The molecule has 39 heavy (non-hydrogen) atoms. The Bertz CT molecular complexity index is 557. The Morgan fingerprint density at radius 1 is 0.564 bits per heavy atom. The molecule has 0 aliphatic heterocycles. The molecule has 0 saturated heterocycles. The number of carbonyl (C=O) groups excluding carboxylic acids is 1. The van der Waals surface area contributed by atoms with Crippen LogP contribution in [0.4, 0.5) is 0 Å². The van der Waals surface area contributed by atoms with Crippen molar-refractivity contribution in [2.24, 2.45) is 5.92 Å². The van der Waals surface area contributed by atoms with E-state index in [1.165, 1.54) is 141 Å². The van der Waals surface area contributed by atoms with Crippen LogP contribution in [-0.2, 0) is 14.3 Å². The summed E-state index contributed by atoms with van der Waals surface area (Å²) in [6, 6.07) is 0. The molecule has 230 valence electrons. The summed E-state index contributed by atoms with van der Waals surface area (Å²) in [7, 11) is 0. The summed E-state index contributed by atoms with van der Waals surface area (Å²) < 4.78 is 5.01. The third-order valence-electron chi connectivity index (χ3n) is 7.80. The monoisotopic (exact) mass is 550 g/mol. The number of carboxylic acids is 1. The van der Waals surface area contributed by atoms with E-state index in [0.717, 1.165) is 12.8 Å². The Labute approximate surface area is 243 Å². The normalized spacial score (nSPS) is 12.3. The molecule has 4 heteroatoms. The van der Waals surface area contributed by atoms with Crippen LogP contribution in [0.25, 0.3) is 0 Å². The van der Waals surface area contributed by atoms with Gasteiger partial charge in [-0.1, -0.05) is 161 Å². The van der Waals surface area contributed by atoms with Gasteiger partial charge in [0.05, 0.1) is 18.9 Å². The molecular formula is C35H66O4. The molecule has 0 aliphatic rings. The van der Waals surface area contributed by atoms with Crippen LogP contribution < -0.4 is 0 Å². The maximum Gasteiger partial charge on any atom is 0.307 e. The van der Waals surface area contributed by atoms with Crippen molar-refractivity contribution in [2.75, 3.05) is 6.61 Å². The number of aliphatic carboxylic acids is 1. The number of allylic oxidation sites excluding steroid dienone is 2. The van der Waals surface area contributed by atoms with Crippen LogP contribution in [0.2, 0.25) is 0 Å². The lowest BCUT2D eigenvalue weighted by Crippen LogP contribution is -2.19. The summed E-state index contributed by atoms with van der Waals surface area (Å²) >= 11 is 0. The molecule has 0 aromatic carbocycles. The van der Waals surface area contributed by atoms with Gasteiger partial charge in [0.2, 0.25) is 0 Å². The standard InChI is InChI=1S/C35H66O4/c1-3-5-6-7-8-9-10-11-12-13-14-15-16-17-18-19-20-21-22-23-24-25-26-27-28-29-30-33(35(37)38)32-34(36)39-31-4-2/h27-28,33H,3-26,29-32H2,1-2H3,(H,37,38)/b28-27+. The maximum absolute atomic E-state index is 11.7. The fraction of sp³-hybridized carbons (Fsp3) is 0.886. The Balaban J connectivity index is 3.33. The lowest BCUT2D eigenvalue weighted by atomic mass is 9.99. The van der Waals surface area contributed by atoms with Crippen LogP contribution in [0.3, 0.4) is 0 Å². The van der Waals surface area contributed by atoms with Gasteiger partial charge in [-0.2, -0.15) is 0 Å². The first-order valence-corrected chi connectivity index (χ1v) is 17.1. The van der Waals surface area contributed by atoms with Gasteiger partial charge in [0.25, 0.3) is 0 Å². The SMILES string of the molecule is CCCCCCCCCCCCCCCCCCCCCCCC/C=C/CCC(CC(=O)OCCC)C(=O)O. The zero-order valence-corrected chi connectivity index (χ0v) is 26.2. The first-order valence-electron chi connectivity index (χ1n) is 17.1. The number of hydrogen-bond donors (Lipinski definition) is 1. The molecule has 0 rings (SSSR count). The highest BCUT2D eigenvalue weighted by Crippen LogP contribution is 2.16. The second-order valence-electron chi connectivity index (χ2n) is 11.7. The Hall–Kier alpha value is -1.32. The van der Waals surface area contributed by atoms with E-state index in [1.54, 1.807) is 0 Å². The van der Waals surface area contributed by atoms with E-state index in [4.69, 9.17) is 4.74 Å². The molecule has 0 heterocycles. The third-order valence-corrected chi connectivity index (χ3v) is 7.80. The van der Waals surface area contributed by atoms with Crippen molar-refractivity contribution in [1.82, 2.24) is 0 Å². The number of rotatable bonds is 31. The van der Waals surface area contributed by atoms with E-state index in [0.29, 0.717) is 19.4 Å². The van der Waals surface area contributed by atoms with Gasteiger partial charge in [0.15, 0.2) is 0 Å². The van der Waals surface area contributed by atoms with Crippen LogP contribution in [0.5, 0.6) is 0 Å². The minimum absolute atomic E-state index is 0.0252.